The molecule has 2 saturated heterocycles. The summed E-state index contributed by atoms with van der Waals surface area (Å²) < 4.78 is 26.3. The zero-order valence-electron chi connectivity index (χ0n) is 18.3. The topological polar surface area (TPSA) is 56.4 Å². The van der Waals surface area contributed by atoms with Crippen molar-refractivity contribution in [3.8, 4) is 0 Å². The summed E-state index contributed by atoms with van der Waals surface area (Å²) in [6, 6.07) is 12.4. The Morgan fingerprint density at radius 2 is 1.75 bits per heavy atom. The van der Waals surface area contributed by atoms with E-state index in [0.717, 1.165) is 45.6 Å². The van der Waals surface area contributed by atoms with Crippen LogP contribution in [0.15, 0.2) is 48.5 Å². The van der Waals surface area contributed by atoms with Gasteiger partial charge in [-0.3, -0.25) is 0 Å². The van der Waals surface area contributed by atoms with Gasteiger partial charge in [0.25, 0.3) is 0 Å². The predicted molar refractivity (Wildman–Crippen MR) is 123 cm³/mol. The summed E-state index contributed by atoms with van der Waals surface area (Å²) >= 11 is 0. The van der Waals surface area contributed by atoms with Gasteiger partial charge in [0, 0.05) is 31.4 Å². The number of urea groups is 1. The molecule has 0 saturated carbocycles. The van der Waals surface area contributed by atoms with Crippen LogP contribution in [0.3, 0.4) is 0 Å². The van der Waals surface area contributed by atoms with Crippen LogP contribution in [0.2, 0.25) is 0 Å². The highest BCUT2D eigenvalue weighted by molar-refractivity contribution is 5.89. The van der Waals surface area contributed by atoms with Crippen LogP contribution in [0.25, 0.3) is 0 Å². The van der Waals surface area contributed by atoms with E-state index in [0.29, 0.717) is 17.5 Å². The second kappa shape index (κ2) is 10.9. The van der Waals surface area contributed by atoms with E-state index in [1.165, 1.54) is 42.7 Å². The minimum absolute atomic E-state index is 0.0432. The van der Waals surface area contributed by atoms with Gasteiger partial charge >= 0.3 is 6.03 Å². The third-order valence-corrected chi connectivity index (χ3v) is 6.58. The fraction of sp³-hybridized carbons (Fsp3) is 0.480. The Morgan fingerprint density at radius 3 is 2.50 bits per heavy atom. The number of piperidine rings is 2. The Bertz CT molecular complexity index is 875. The molecular weight excluding hydrogens is 410 g/mol. The molecule has 0 unspecified atom stereocenters. The average molecular weight is 443 g/mol. The lowest BCUT2D eigenvalue weighted by atomic mass is 9.88. The molecule has 2 aliphatic rings. The Balaban J connectivity index is 1.29. The molecule has 2 fully saturated rings. The molecule has 2 aromatic carbocycles. The zero-order chi connectivity index (χ0) is 22.3. The van der Waals surface area contributed by atoms with E-state index in [1.807, 2.05) is 12.1 Å². The molecule has 2 aromatic rings. The molecule has 3 atom stereocenters. The normalized spacial score (nSPS) is 24.1. The molecule has 7 heteroatoms. The minimum Gasteiger partial charge on any atom is -0.334 e. The van der Waals surface area contributed by atoms with Crippen LogP contribution < -0.4 is 16.0 Å². The van der Waals surface area contributed by atoms with Gasteiger partial charge in [0.2, 0.25) is 0 Å². The van der Waals surface area contributed by atoms with Crippen molar-refractivity contribution in [2.75, 3.05) is 38.0 Å². The van der Waals surface area contributed by atoms with Crippen molar-refractivity contribution >= 4 is 11.7 Å². The fourth-order valence-electron chi connectivity index (χ4n) is 4.94. The number of carbonyl (C=O) groups excluding carboxylic acids is 1. The molecular formula is C25H32F2N4O. The molecule has 4 rings (SSSR count). The third-order valence-electron chi connectivity index (χ3n) is 6.58. The molecule has 32 heavy (non-hydrogen) atoms. The van der Waals surface area contributed by atoms with Gasteiger partial charge in [0.15, 0.2) is 0 Å². The van der Waals surface area contributed by atoms with Crippen LogP contribution in [0.5, 0.6) is 0 Å². The lowest BCUT2D eigenvalue weighted by molar-refractivity contribution is 0.126. The van der Waals surface area contributed by atoms with E-state index in [2.05, 4.69) is 20.9 Å². The first-order valence-electron chi connectivity index (χ1n) is 11.6. The van der Waals surface area contributed by atoms with Crippen molar-refractivity contribution in [2.45, 2.75) is 31.7 Å². The number of halogens is 2. The maximum absolute atomic E-state index is 13.2. The SMILES string of the molecule is O=C(Nc1ccc(F)cc1)N[C@H]1CNCC[C@H]1CN1CCC[C@@H](Cc2ccc(F)cc2)C1. The second-order valence-electron chi connectivity index (χ2n) is 9.06. The second-order valence-corrected chi connectivity index (χ2v) is 9.06. The van der Waals surface area contributed by atoms with Crippen molar-refractivity contribution in [1.82, 2.24) is 15.5 Å². The van der Waals surface area contributed by atoms with Gasteiger partial charge in [-0.2, -0.15) is 0 Å². The summed E-state index contributed by atoms with van der Waals surface area (Å²) in [5.74, 6) is 0.433. The monoisotopic (exact) mass is 442 g/mol. The number of amides is 2. The number of anilines is 1. The molecule has 172 valence electrons. The highest BCUT2D eigenvalue weighted by Crippen LogP contribution is 2.24. The molecule has 2 heterocycles. The van der Waals surface area contributed by atoms with Crippen LogP contribution in [0.4, 0.5) is 19.3 Å². The van der Waals surface area contributed by atoms with Crippen LogP contribution in [0.1, 0.15) is 24.8 Å². The molecule has 0 aromatic heterocycles. The lowest BCUT2D eigenvalue weighted by Gasteiger charge is -2.39. The van der Waals surface area contributed by atoms with E-state index in [4.69, 9.17) is 0 Å². The highest BCUT2D eigenvalue weighted by Gasteiger charge is 2.30. The third kappa shape index (κ3) is 6.50. The van der Waals surface area contributed by atoms with Crippen LogP contribution in [-0.4, -0.2) is 49.7 Å². The van der Waals surface area contributed by atoms with Crippen molar-refractivity contribution in [1.29, 1.82) is 0 Å². The van der Waals surface area contributed by atoms with E-state index in [1.54, 1.807) is 12.1 Å². The van der Waals surface area contributed by atoms with Crippen molar-refractivity contribution in [2.24, 2.45) is 11.8 Å². The first-order valence-corrected chi connectivity index (χ1v) is 11.6. The summed E-state index contributed by atoms with van der Waals surface area (Å²) in [4.78, 5) is 15.0. The highest BCUT2D eigenvalue weighted by atomic mass is 19.1. The molecule has 2 aliphatic heterocycles. The van der Waals surface area contributed by atoms with Gasteiger partial charge < -0.3 is 20.9 Å². The molecule has 0 radical (unpaired) electrons. The zero-order valence-corrected chi connectivity index (χ0v) is 18.3. The fourth-order valence-corrected chi connectivity index (χ4v) is 4.94. The number of nitrogens with zero attached hydrogens (tertiary/aromatic N) is 1. The summed E-state index contributed by atoms with van der Waals surface area (Å²) in [5.41, 5.74) is 1.76. The number of carbonyl (C=O) groups is 1. The van der Waals surface area contributed by atoms with Gasteiger partial charge in [-0.05, 0) is 92.6 Å². The Labute approximate surface area is 188 Å². The summed E-state index contributed by atoms with van der Waals surface area (Å²) in [7, 11) is 0. The summed E-state index contributed by atoms with van der Waals surface area (Å²) in [6.45, 7) is 4.78. The first kappa shape index (κ1) is 22.7. The number of likely N-dealkylation sites (tertiary alicyclic amines) is 1. The maximum atomic E-state index is 13.2. The van der Waals surface area contributed by atoms with E-state index >= 15 is 0 Å². The van der Waals surface area contributed by atoms with Crippen LogP contribution in [0, 0.1) is 23.5 Å². The lowest BCUT2D eigenvalue weighted by Crippen LogP contribution is -2.55. The Hall–Kier alpha value is -2.51. The molecule has 5 nitrogen and oxygen atoms in total. The summed E-state index contributed by atoms with van der Waals surface area (Å²) in [5, 5.41) is 9.29. The predicted octanol–water partition coefficient (Wildman–Crippen LogP) is 4.02. The van der Waals surface area contributed by atoms with Gasteiger partial charge in [0.1, 0.15) is 11.6 Å². The van der Waals surface area contributed by atoms with Gasteiger partial charge in [-0.25, -0.2) is 13.6 Å². The number of rotatable bonds is 6. The minimum atomic E-state index is -0.327. The van der Waals surface area contributed by atoms with Crippen molar-refractivity contribution in [3.63, 3.8) is 0 Å². The largest absolute Gasteiger partial charge is 0.334 e. The molecule has 0 aliphatic carbocycles. The van der Waals surface area contributed by atoms with Gasteiger partial charge in [-0.15, -0.1) is 0 Å². The quantitative estimate of drug-likeness (QED) is 0.634. The van der Waals surface area contributed by atoms with Gasteiger partial charge in [0.05, 0.1) is 0 Å². The Kier molecular flexibility index (Phi) is 7.71. The van der Waals surface area contributed by atoms with E-state index in [-0.39, 0.29) is 23.7 Å². The number of hydrogen-bond acceptors (Lipinski definition) is 3. The van der Waals surface area contributed by atoms with Crippen LogP contribution in [-0.2, 0) is 6.42 Å². The first-order chi connectivity index (χ1) is 15.5. The van der Waals surface area contributed by atoms with Gasteiger partial charge in [-0.1, -0.05) is 12.1 Å². The smallest absolute Gasteiger partial charge is 0.319 e. The van der Waals surface area contributed by atoms with Crippen LogP contribution >= 0.6 is 0 Å². The standard InChI is InChI=1S/C25H32F2N4O/c26-21-5-3-18(4-6-21)14-19-2-1-13-31(16-19)17-20-11-12-28-15-24(20)30-25(32)29-23-9-7-22(27)8-10-23/h3-10,19-20,24,28H,1-2,11-17H2,(H2,29,30,32)/t19-,20-,24-/m0/s1. The molecule has 2 amide bonds. The molecule has 0 spiro atoms. The average Bonchev–Trinajstić information content (AvgIpc) is 2.79. The Morgan fingerprint density at radius 1 is 1.03 bits per heavy atom. The van der Waals surface area contributed by atoms with Crippen molar-refractivity contribution < 1.29 is 13.6 Å². The van der Waals surface area contributed by atoms with E-state index in [9.17, 15) is 13.6 Å². The van der Waals surface area contributed by atoms with Crippen molar-refractivity contribution in [3.05, 3.63) is 65.7 Å². The maximum Gasteiger partial charge on any atom is 0.319 e. The summed E-state index contributed by atoms with van der Waals surface area (Å²) in [6.07, 6.45) is 4.35. The molecule has 3 N–H and O–H groups in total. The number of benzene rings is 2. The number of nitrogens with one attached hydrogen (secondary N) is 3. The number of hydrogen-bond donors (Lipinski definition) is 3. The van der Waals surface area contributed by atoms with E-state index < -0.39 is 0 Å². The molecule has 0 bridgehead atoms.